The van der Waals surface area contributed by atoms with E-state index in [0.29, 0.717) is 5.75 Å². The van der Waals surface area contributed by atoms with Gasteiger partial charge < -0.3 is 19.9 Å². The number of halogens is 1. The predicted molar refractivity (Wildman–Crippen MR) is 87.7 cm³/mol. The van der Waals surface area contributed by atoms with Crippen LogP contribution >= 0.6 is 15.9 Å². The van der Waals surface area contributed by atoms with Crippen molar-refractivity contribution in [3.63, 3.8) is 0 Å². The van der Waals surface area contributed by atoms with E-state index in [4.69, 9.17) is 4.74 Å². The van der Waals surface area contributed by atoms with Crippen molar-refractivity contribution < 1.29 is 24.2 Å². The molecule has 0 heterocycles. The maximum atomic E-state index is 11.9. The van der Waals surface area contributed by atoms with Crippen LogP contribution in [-0.2, 0) is 9.53 Å². The fourth-order valence-corrected chi connectivity index (χ4v) is 2.05. The summed E-state index contributed by atoms with van der Waals surface area (Å²) in [4.78, 5) is 23.4. The molecule has 2 aromatic carbocycles. The molecule has 120 valence electrons. The van der Waals surface area contributed by atoms with Gasteiger partial charge in [0.15, 0.2) is 12.4 Å². The zero-order chi connectivity index (χ0) is 16.8. The number of carbonyl (C=O) groups is 2. The average Bonchev–Trinajstić information content (AvgIpc) is 2.55. The predicted octanol–water partition coefficient (Wildman–Crippen LogP) is 2.96. The SMILES string of the molecule is COC(=O)c1cccc(NC(=O)COc2ccc(Br)cc2)c1O. The van der Waals surface area contributed by atoms with E-state index in [9.17, 15) is 14.7 Å². The van der Waals surface area contributed by atoms with Crippen molar-refractivity contribution in [2.45, 2.75) is 0 Å². The largest absolute Gasteiger partial charge is 0.505 e. The van der Waals surface area contributed by atoms with Gasteiger partial charge >= 0.3 is 5.97 Å². The van der Waals surface area contributed by atoms with E-state index >= 15 is 0 Å². The van der Waals surface area contributed by atoms with Crippen LogP contribution in [0.5, 0.6) is 11.5 Å². The Bertz CT molecular complexity index is 715. The molecule has 0 aliphatic heterocycles. The Hall–Kier alpha value is -2.54. The lowest BCUT2D eigenvalue weighted by molar-refractivity contribution is -0.118. The van der Waals surface area contributed by atoms with Gasteiger partial charge in [0, 0.05) is 4.47 Å². The van der Waals surface area contributed by atoms with E-state index in [2.05, 4.69) is 26.0 Å². The number of nitrogens with one attached hydrogen (secondary N) is 1. The third kappa shape index (κ3) is 4.46. The molecule has 0 saturated heterocycles. The highest BCUT2D eigenvalue weighted by molar-refractivity contribution is 9.10. The van der Waals surface area contributed by atoms with Crippen LogP contribution in [0.3, 0.4) is 0 Å². The number of anilines is 1. The van der Waals surface area contributed by atoms with Gasteiger partial charge in [-0.3, -0.25) is 4.79 Å². The van der Waals surface area contributed by atoms with Crippen LogP contribution in [0.4, 0.5) is 5.69 Å². The molecule has 0 aliphatic rings. The summed E-state index contributed by atoms with van der Waals surface area (Å²) in [6.07, 6.45) is 0. The van der Waals surface area contributed by atoms with E-state index in [-0.39, 0.29) is 23.6 Å². The summed E-state index contributed by atoms with van der Waals surface area (Å²) >= 11 is 3.30. The fraction of sp³-hybridized carbons (Fsp3) is 0.125. The lowest BCUT2D eigenvalue weighted by Crippen LogP contribution is -2.20. The van der Waals surface area contributed by atoms with Crippen LogP contribution in [0.2, 0.25) is 0 Å². The number of benzene rings is 2. The second kappa shape index (κ2) is 7.64. The van der Waals surface area contributed by atoms with Gasteiger partial charge in [-0.15, -0.1) is 0 Å². The summed E-state index contributed by atoms with van der Waals surface area (Å²) in [5.41, 5.74) is 0.0800. The molecular formula is C16H14BrNO5. The van der Waals surface area contributed by atoms with Crippen LogP contribution in [0.25, 0.3) is 0 Å². The van der Waals surface area contributed by atoms with Crippen molar-refractivity contribution in [3.8, 4) is 11.5 Å². The number of carbonyl (C=O) groups excluding carboxylic acids is 2. The number of rotatable bonds is 5. The number of para-hydroxylation sites is 1. The lowest BCUT2D eigenvalue weighted by atomic mass is 10.1. The van der Waals surface area contributed by atoms with Crippen LogP contribution in [-0.4, -0.2) is 30.7 Å². The van der Waals surface area contributed by atoms with E-state index < -0.39 is 11.9 Å². The van der Waals surface area contributed by atoms with Gasteiger partial charge in [-0.2, -0.15) is 0 Å². The Morgan fingerprint density at radius 3 is 2.52 bits per heavy atom. The molecule has 0 fully saturated rings. The van der Waals surface area contributed by atoms with Gasteiger partial charge in [0.25, 0.3) is 5.91 Å². The molecule has 0 saturated carbocycles. The Balaban J connectivity index is 2.00. The Morgan fingerprint density at radius 1 is 1.17 bits per heavy atom. The molecular weight excluding hydrogens is 366 g/mol. The minimum atomic E-state index is -0.690. The van der Waals surface area contributed by atoms with Crippen molar-refractivity contribution in [3.05, 3.63) is 52.5 Å². The van der Waals surface area contributed by atoms with Gasteiger partial charge in [-0.05, 0) is 36.4 Å². The molecule has 23 heavy (non-hydrogen) atoms. The van der Waals surface area contributed by atoms with Crippen LogP contribution < -0.4 is 10.1 Å². The van der Waals surface area contributed by atoms with Crippen molar-refractivity contribution in [1.29, 1.82) is 0 Å². The number of hydrogen-bond donors (Lipinski definition) is 2. The minimum absolute atomic E-state index is 0.0286. The van der Waals surface area contributed by atoms with Crippen LogP contribution in [0.1, 0.15) is 10.4 Å². The molecule has 2 rings (SSSR count). The highest BCUT2D eigenvalue weighted by atomic mass is 79.9. The van der Waals surface area contributed by atoms with Crippen molar-refractivity contribution in [1.82, 2.24) is 0 Å². The molecule has 2 N–H and O–H groups in total. The molecule has 0 radical (unpaired) electrons. The summed E-state index contributed by atoms with van der Waals surface area (Å²) in [6, 6.07) is 11.4. The molecule has 6 nitrogen and oxygen atoms in total. The smallest absolute Gasteiger partial charge is 0.341 e. The summed E-state index contributed by atoms with van der Waals surface area (Å²) in [5, 5.41) is 12.5. The van der Waals surface area contributed by atoms with E-state index in [1.807, 2.05) is 0 Å². The Labute approximate surface area is 141 Å². The summed E-state index contributed by atoms with van der Waals surface area (Å²) in [7, 11) is 1.21. The quantitative estimate of drug-likeness (QED) is 0.616. The van der Waals surface area contributed by atoms with Crippen molar-refractivity contribution in [2.24, 2.45) is 0 Å². The summed E-state index contributed by atoms with van der Waals surface area (Å²) in [5.74, 6) is -0.970. The second-order valence-electron chi connectivity index (χ2n) is 4.48. The highest BCUT2D eigenvalue weighted by Gasteiger charge is 2.16. The Kier molecular flexibility index (Phi) is 5.59. The normalized spacial score (nSPS) is 10.0. The first-order chi connectivity index (χ1) is 11.0. The topological polar surface area (TPSA) is 84.9 Å². The van der Waals surface area contributed by atoms with Gasteiger partial charge in [0.05, 0.1) is 12.8 Å². The molecule has 2 aromatic rings. The first kappa shape index (κ1) is 16.8. The van der Waals surface area contributed by atoms with Crippen molar-refractivity contribution >= 4 is 33.5 Å². The molecule has 0 spiro atoms. The first-order valence-corrected chi connectivity index (χ1v) is 7.39. The maximum absolute atomic E-state index is 11.9. The average molecular weight is 380 g/mol. The second-order valence-corrected chi connectivity index (χ2v) is 5.40. The maximum Gasteiger partial charge on any atom is 0.341 e. The van der Waals surface area contributed by atoms with Crippen LogP contribution in [0, 0.1) is 0 Å². The third-order valence-electron chi connectivity index (χ3n) is 2.90. The van der Waals surface area contributed by atoms with E-state index in [1.54, 1.807) is 24.3 Å². The zero-order valence-corrected chi connectivity index (χ0v) is 13.8. The number of hydrogen-bond acceptors (Lipinski definition) is 5. The summed E-state index contributed by atoms with van der Waals surface area (Å²) < 4.78 is 10.8. The molecule has 0 aliphatic carbocycles. The molecule has 0 bridgehead atoms. The number of aromatic hydroxyl groups is 1. The van der Waals surface area contributed by atoms with Gasteiger partial charge in [0.1, 0.15) is 11.3 Å². The third-order valence-corrected chi connectivity index (χ3v) is 3.43. The number of phenols is 1. The minimum Gasteiger partial charge on any atom is -0.505 e. The van der Waals surface area contributed by atoms with E-state index in [1.165, 1.54) is 25.3 Å². The number of methoxy groups -OCH3 is 1. The molecule has 0 aromatic heterocycles. The van der Waals surface area contributed by atoms with Crippen LogP contribution in [0.15, 0.2) is 46.9 Å². The number of esters is 1. The molecule has 0 atom stereocenters. The standard InChI is InChI=1S/C16H14BrNO5/c1-22-16(21)12-3-2-4-13(15(12)20)18-14(19)9-23-11-7-5-10(17)6-8-11/h2-8,20H,9H2,1H3,(H,18,19). The fourth-order valence-electron chi connectivity index (χ4n) is 1.79. The van der Waals surface area contributed by atoms with E-state index in [0.717, 1.165) is 4.47 Å². The molecule has 7 heteroatoms. The molecule has 0 unspecified atom stereocenters. The lowest BCUT2D eigenvalue weighted by Gasteiger charge is -2.10. The molecule has 1 amide bonds. The van der Waals surface area contributed by atoms with Crippen molar-refractivity contribution in [2.75, 3.05) is 19.0 Å². The first-order valence-electron chi connectivity index (χ1n) is 6.59. The highest BCUT2D eigenvalue weighted by Crippen LogP contribution is 2.28. The van der Waals surface area contributed by atoms with Gasteiger partial charge in [-0.1, -0.05) is 22.0 Å². The number of amides is 1. The monoisotopic (exact) mass is 379 g/mol. The number of ether oxygens (including phenoxy) is 2. The van der Waals surface area contributed by atoms with Gasteiger partial charge in [0.2, 0.25) is 0 Å². The number of phenolic OH excluding ortho intramolecular Hbond substituents is 1. The Morgan fingerprint density at radius 2 is 1.87 bits per heavy atom. The van der Waals surface area contributed by atoms with Gasteiger partial charge in [-0.25, -0.2) is 4.79 Å². The summed E-state index contributed by atoms with van der Waals surface area (Å²) in [6.45, 7) is -0.233. The zero-order valence-electron chi connectivity index (χ0n) is 12.2.